The molecular weight excluding hydrogens is 282 g/mol. The maximum Gasteiger partial charge on any atom is 0.0125 e. The van der Waals surface area contributed by atoms with Crippen molar-refractivity contribution < 1.29 is 0 Å². The van der Waals surface area contributed by atoms with Crippen molar-refractivity contribution in [1.82, 2.24) is 14.7 Å². The number of likely N-dealkylation sites (tertiary alicyclic amines) is 3. The summed E-state index contributed by atoms with van der Waals surface area (Å²) in [5, 5.41) is 0. The van der Waals surface area contributed by atoms with Crippen molar-refractivity contribution in [3.63, 3.8) is 0 Å². The molecule has 0 aromatic rings. The van der Waals surface area contributed by atoms with Crippen LogP contribution in [0.1, 0.15) is 60.3 Å². The van der Waals surface area contributed by atoms with Crippen molar-refractivity contribution in [2.24, 2.45) is 11.3 Å². The number of hydrogen-bond donors (Lipinski definition) is 0. The molecule has 3 heterocycles. The molecule has 0 amide bonds. The first-order valence-electron chi connectivity index (χ1n) is 9.99. The summed E-state index contributed by atoms with van der Waals surface area (Å²) in [7, 11) is 0. The molecule has 23 heavy (non-hydrogen) atoms. The van der Waals surface area contributed by atoms with E-state index in [4.69, 9.17) is 0 Å². The van der Waals surface area contributed by atoms with Crippen molar-refractivity contribution in [3.8, 4) is 0 Å². The Hall–Kier alpha value is -0.120. The Labute approximate surface area is 144 Å². The maximum atomic E-state index is 2.77. The lowest BCUT2D eigenvalue weighted by Crippen LogP contribution is -2.59. The van der Waals surface area contributed by atoms with Crippen LogP contribution in [0.5, 0.6) is 0 Å². The van der Waals surface area contributed by atoms with E-state index < -0.39 is 0 Å². The molecule has 0 aliphatic carbocycles. The average Bonchev–Trinajstić information content (AvgIpc) is 2.43. The van der Waals surface area contributed by atoms with Crippen molar-refractivity contribution in [1.29, 1.82) is 0 Å². The van der Waals surface area contributed by atoms with Gasteiger partial charge in [0, 0.05) is 31.2 Å². The Morgan fingerprint density at radius 2 is 1.43 bits per heavy atom. The van der Waals surface area contributed by atoms with E-state index in [-0.39, 0.29) is 0 Å². The molecule has 3 fully saturated rings. The molecule has 3 heteroatoms. The predicted octanol–water partition coefficient (Wildman–Crippen LogP) is 3.30. The van der Waals surface area contributed by atoms with Gasteiger partial charge in [-0.25, -0.2) is 0 Å². The zero-order valence-electron chi connectivity index (χ0n) is 16.3. The number of piperidine rings is 2. The molecule has 3 rings (SSSR count). The third-order valence-corrected chi connectivity index (χ3v) is 6.93. The van der Waals surface area contributed by atoms with Gasteiger partial charge in [-0.2, -0.15) is 0 Å². The van der Waals surface area contributed by atoms with Gasteiger partial charge in [0.15, 0.2) is 0 Å². The number of rotatable bonds is 3. The number of hydrogen-bond acceptors (Lipinski definition) is 3. The van der Waals surface area contributed by atoms with Crippen molar-refractivity contribution in [2.75, 3.05) is 45.8 Å². The molecule has 0 aromatic heterocycles. The second kappa shape index (κ2) is 6.65. The quantitative estimate of drug-likeness (QED) is 0.790. The molecule has 0 unspecified atom stereocenters. The van der Waals surface area contributed by atoms with E-state index in [0.29, 0.717) is 11.0 Å². The molecule has 3 aliphatic rings. The summed E-state index contributed by atoms with van der Waals surface area (Å²) in [6.45, 7) is 21.1. The van der Waals surface area contributed by atoms with E-state index in [1.54, 1.807) is 0 Å². The Kier molecular flexibility index (Phi) is 5.11. The SMILES string of the molecule is CC(C)N1CCC2(CCN(CC3CN(C(C)(C)C)C3)CC2)CC1. The van der Waals surface area contributed by atoms with Gasteiger partial charge >= 0.3 is 0 Å². The van der Waals surface area contributed by atoms with Gasteiger partial charge in [-0.15, -0.1) is 0 Å². The van der Waals surface area contributed by atoms with Crippen molar-refractivity contribution in [3.05, 3.63) is 0 Å². The third-order valence-electron chi connectivity index (χ3n) is 6.93. The lowest BCUT2D eigenvalue weighted by Gasteiger charge is -2.51. The lowest BCUT2D eigenvalue weighted by atomic mass is 9.71. The molecule has 0 bridgehead atoms. The predicted molar refractivity (Wildman–Crippen MR) is 98.9 cm³/mol. The van der Waals surface area contributed by atoms with Gasteiger partial charge in [-0.1, -0.05) is 0 Å². The van der Waals surface area contributed by atoms with E-state index in [2.05, 4.69) is 49.3 Å². The van der Waals surface area contributed by atoms with Crippen LogP contribution in [0.15, 0.2) is 0 Å². The van der Waals surface area contributed by atoms with Crippen LogP contribution in [-0.2, 0) is 0 Å². The monoisotopic (exact) mass is 321 g/mol. The van der Waals surface area contributed by atoms with Crippen molar-refractivity contribution in [2.45, 2.75) is 71.9 Å². The molecule has 134 valence electrons. The molecule has 0 atom stereocenters. The Bertz CT molecular complexity index is 374. The minimum absolute atomic E-state index is 0.368. The fraction of sp³-hybridized carbons (Fsp3) is 1.00. The Morgan fingerprint density at radius 1 is 0.913 bits per heavy atom. The molecular formula is C20H39N3. The summed E-state index contributed by atoms with van der Waals surface area (Å²) >= 11 is 0. The maximum absolute atomic E-state index is 2.77. The summed E-state index contributed by atoms with van der Waals surface area (Å²) in [6.07, 6.45) is 5.80. The van der Waals surface area contributed by atoms with Gasteiger partial charge in [0.05, 0.1) is 0 Å². The summed E-state index contributed by atoms with van der Waals surface area (Å²) < 4.78 is 0. The zero-order chi connectivity index (χ0) is 16.7. The Morgan fingerprint density at radius 3 is 1.91 bits per heavy atom. The van der Waals surface area contributed by atoms with Crippen LogP contribution in [0, 0.1) is 11.3 Å². The average molecular weight is 322 g/mol. The molecule has 0 saturated carbocycles. The van der Waals surface area contributed by atoms with Crippen LogP contribution < -0.4 is 0 Å². The highest BCUT2D eigenvalue weighted by molar-refractivity contribution is 4.94. The lowest BCUT2D eigenvalue weighted by molar-refractivity contribution is -0.0213. The summed E-state index contributed by atoms with van der Waals surface area (Å²) in [5.41, 5.74) is 1.06. The fourth-order valence-electron chi connectivity index (χ4n) is 4.82. The highest BCUT2D eigenvalue weighted by Crippen LogP contribution is 2.42. The second-order valence-corrected chi connectivity index (χ2v) is 9.87. The van der Waals surface area contributed by atoms with Gasteiger partial charge in [0.1, 0.15) is 0 Å². The molecule has 0 N–H and O–H groups in total. The highest BCUT2D eigenvalue weighted by Gasteiger charge is 2.40. The standard InChI is InChI=1S/C20H39N3/c1-17(2)22-12-8-20(9-13-22)6-10-21(11-7-20)14-18-15-23(16-18)19(3,4)5/h17-18H,6-16H2,1-5H3. The topological polar surface area (TPSA) is 9.72 Å². The van der Waals surface area contributed by atoms with Crippen molar-refractivity contribution >= 4 is 0 Å². The fourth-order valence-corrected chi connectivity index (χ4v) is 4.82. The minimum atomic E-state index is 0.368. The molecule has 3 saturated heterocycles. The second-order valence-electron chi connectivity index (χ2n) is 9.87. The third kappa shape index (κ3) is 4.11. The number of nitrogens with zero attached hydrogens (tertiary/aromatic N) is 3. The van der Waals surface area contributed by atoms with Gasteiger partial charge in [0.2, 0.25) is 0 Å². The van der Waals surface area contributed by atoms with E-state index in [1.165, 1.54) is 71.5 Å². The smallest absolute Gasteiger partial charge is 0.0125 e. The van der Waals surface area contributed by atoms with Crippen LogP contribution >= 0.6 is 0 Å². The first kappa shape index (κ1) is 17.7. The first-order valence-corrected chi connectivity index (χ1v) is 9.99. The van der Waals surface area contributed by atoms with E-state index >= 15 is 0 Å². The van der Waals surface area contributed by atoms with Crippen LogP contribution in [0.4, 0.5) is 0 Å². The van der Waals surface area contributed by atoms with Crippen LogP contribution in [0.3, 0.4) is 0 Å². The summed E-state index contributed by atoms with van der Waals surface area (Å²) in [5.74, 6) is 0.922. The zero-order valence-corrected chi connectivity index (χ0v) is 16.3. The Balaban J connectivity index is 1.38. The first-order chi connectivity index (χ1) is 10.8. The van der Waals surface area contributed by atoms with E-state index in [1.807, 2.05) is 0 Å². The molecule has 0 radical (unpaired) electrons. The largest absolute Gasteiger partial charge is 0.303 e. The summed E-state index contributed by atoms with van der Waals surface area (Å²) in [4.78, 5) is 8.07. The van der Waals surface area contributed by atoms with Gasteiger partial charge in [-0.05, 0) is 97.8 Å². The van der Waals surface area contributed by atoms with Crippen LogP contribution in [-0.4, -0.2) is 72.1 Å². The molecule has 0 aromatic carbocycles. The molecule has 1 spiro atoms. The van der Waals surface area contributed by atoms with Crippen LogP contribution in [0.25, 0.3) is 0 Å². The van der Waals surface area contributed by atoms with Gasteiger partial charge < -0.3 is 9.80 Å². The molecule has 3 nitrogen and oxygen atoms in total. The van der Waals surface area contributed by atoms with Gasteiger partial charge in [0.25, 0.3) is 0 Å². The van der Waals surface area contributed by atoms with E-state index in [0.717, 1.165) is 12.0 Å². The normalized spacial score (nSPS) is 28.4. The van der Waals surface area contributed by atoms with Gasteiger partial charge in [-0.3, -0.25) is 4.90 Å². The summed E-state index contributed by atoms with van der Waals surface area (Å²) in [6, 6.07) is 0.733. The molecule has 3 aliphatic heterocycles. The highest BCUT2D eigenvalue weighted by atomic mass is 15.3. The van der Waals surface area contributed by atoms with E-state index in [9.17, 15) is 0 Å². The van der Waals surface area contributed by atoms with Crippen LogP contribution in [0.2, 0.25) is 0 Å². The minimum Gasteiger partial charge on any atom is -0.303 e.